The second kappa shape index (κ2) is 9.48. The monoisotopic (exact) mass is 540 g/mol. The van der Waals surface area contributed by atoms with Crippen LogP contribution in [0.4, 0.5) is 10.1 Å². The lowest BCUT2D eigenvalue weighted by Crippen LogP contribution is -2.23. The number of ether oxygens (including phenoxy) is 1. The van der Waals surface area contributed by atoms with Gasteiger partial charge in [-0.05, 0) is 71.3 Å². The minimum Gasteiger partial charge on any atom is -0.480 e. The number of sulfonamides is 1. The third-order valence-corrected chi connectivity index (χ3v) is 7.91. The quantitative estimate of drug-likeness (QED) is 0.304. The molecule has 0 atom stereocenters. The molecule has 0 fully saturated rings. The van der Waals surface area contributed by atoms with E-state index < -0.39 is 21.7 Å². The van der Waals surface area contributed by atoms with Gasteiger partial charge in [0.15, 0.2) is 0 Å². The fourth-order valence-electron chi connectivity index (χ4n) is 4.59. The van der Waals surface area contributed by atoms with Gasteiger partial charge in [-0.2, -0.15) is 0 Å². The average Bonchev–Trinajstić information content (AvgIpc) is 2.95. The number of carbonyl (C=O) groups excluding carboxylic acids is 1. The minimum absolute atomic E-state index is 0.0765. The lowest BCUT2D eigenvalue weighted by atomic mass is 9.96. The van der Waals surface area contributed by atoms with Gasteiger partial charge >= 0.3 is 0 Å². The van der Waals surface area contributed by atoms with Crippen molar-refractivity contribution in [3.63, 3.8) is 0 Å². The molecule has 6 rings (SSSR count). The summed E-state index contributed by atoms with van der Waals surface area (Å²) in [5, 5.41) is 3.48. The number of rotatable bonds is 1. The zero-order valence-corrected chi connectivity index (χ0v) is 21.4. The number of benzene rings is 3. The molecule has 194 valence electrons. The Labute approximate surface area is 223 Å². The maximum Gasteiger partial charge on any atom is 0.262 e. The van der Waals surface area contributed by atoms with E-state index >= 15 is 4.39 Å². The molecule has 1 aliphatic rings. The van der Waals surface area contributed by atoms with Gasteiger partial charge in [-0.3, -0.25) is 14.5 Å². The van der Waals surface area contributed by atoms with Crippen LogP contribution in [0, 0.1) is 5.82 Å². The minimum atomic E-state index is -4.10. The van der Waals surface area contributed by atoms with Crippen molar-refractivity contribution in [1.82, 2.24) is 15.3 Å². The van der Waals surface area contributed by atoms with E-state index in [-0.39, 0.29) is 28.6 Å². The van der Waals surface area contributed by atoms with Crippen molar-refractivity contribution in [3.8, 4) is 28.1 Å². The second-order valence-corrected chi connectivity index (χ2v) is 10.7. The molecule has 0 unspecified atom stereocenters. The zero-order valence-electron chi connectivity index (χ0n) is 20.6. The molecule has 8 nitrogen and oxygen atoms in total. The lowest BCUT2D eigenvalue weighted by Gasteiger charge is -2.15. The topological polar surface area (TPSA) is 110 Å². The van der Waals surface area contributed by atoms with Crippen LogP contribution in [0.5, 0.6) is 5.88 Å². The van der Waals surface area contributed by atoms with E-state index in [2.05, 4.69) is 20.0 Å². The number of aromatic nitrogens is 2. The number of methoxy groups -OCH3 is 1. The van der Waals surface area contributed by atoms with Crippen molar-refractivity contribution in [2.24, 2.45) is 0 Å². The van der Waals surface area contributed by atoms with Gasteiger partial charge in [-0.15, -0.1) is 0 Å². The van der Waals surface area contributed by atoms with E-state index in [1.165, 1.54) is 37.4 Å². The highest BCUT2D eigenvalue weighted by Crippen LogP contribution is 2.35. The number of halogens is 1. The number of amides is 1. The molecule has 0 saturated carbocycles. The van der Waals surface area contributed by atoms with Crippen molar-refractivity contribution < 1.29 is 22.3 Å². The van der Waals surface area contributed by atoms with Gasteiger partial charge in [0, 0.05) is 41.0 Å². The number of hydrogen-bond acceptors (Lipinski definition) is 6. The molecule has 2 N–H and O–H groups in total. The maximum absolute atomic E-state index is 15.1. The summed E-state index contributed by atoms with van der Waals surface area (Å²) in [5.41, 5.74) is 3.94. The van der Waals surface area contributed by atoms with E-state index in [9.17, 15) is 13.2 Å². The molecule has 0 aliphatic carbocycles. The van der Waals surface area contributed by atoms with Crippen LogP contribution in [0.2, 0.25) is 0 Å². The highest BCUT2D eigenvalue weighted by atomic mass is 32.2. The molecule has 10 heteroatoms. The van der Waals surface area contributed by atoms with Crippen LogP contribution in [0.3, 0.4) is 0 Å². The van der Waals surface area contributed by atoms with E-state index in [1.807, 2.05) is 18.2 Å². The Morgan fingerprint density at radius 3 is 2.62 bits per heavy atom. The van der Waals surface area contributed by atoms with Crippen LogP contribution in [-0.4, -0.2) is 31.4 Å². The van der Waals surface area contributed by atoms with Gasteiger partial charge in [0.1, 0.15) is 11.5 Å². The SMILES string of the molecule is COc1ncc2cc1NS(=O)(=O)c1cccc(c1)C(=O)NCc1ccc(F)c(c1)-c1ccnc3ccc-2cc13. The second-order valence-electron chi connectivity index (χ2n) is 9.00. The van der Waals surface area contributed by atoms with Gasteiger partial charge in [-0.1, -0.05) is 18.2 Å². The molecular weight excluding hydrogens is 519 g/mol. The Balaban J connectivity index is 1.61. The van der Waals surface area contributed by atoms with Crippen LogP contribution >= 0.6 is 0 Å². The fraction of sp³-hybridized carbons (Fsp3) is 0.0690. The van der Waals surface area contributed by atoms with Crippen LogP contribution in [-0.2, 0) is 16.6 Å². The number of fused-ring (bicyclic) bond motifs is 9. The molecule has 0 saturated heterocycles. The van der Waals surface area contributed by atoms with Crippen molar-refractivity contribution in [3.05, 3.63) is 102 Å². The van der Waals surface area contributed by atoms with Gasteiger partial charge in [-0.25, -0.2) is 17.8 Å². The summed E-state index contributed by atoms with van der Waals surface area (Å²) >= 11 is 0. The highest BCUT2D eigenvalue weighted by Gasteiger charge is 2.21. The van der Waals surface area contributed by atoms with Crippen LogP contribution in [0.25, 0.3) is 33.2 Å². The van der Waals surface area contributed by atoms with Gasteiger partial charge < -0.3 is 10.1 Å². The predicted molar refractivity (Wildman–Crippen MR) is 145 cm³/mol. The number of nitrogens with one attached hydrogen (secondary N) is 2. The highest BCUT2D eigenvalue weighted by molar-refractivity contribution is 7.92. The molecule has 5 aromatic rings. The lowest BCUT2D eigenvalue weighted by molar-refractivity contribution is 0.0950. The van der Waals surface area contributed by atoms with Gasteiger partial charge in [0.2, 0.25) is 5.88 Å². The van der Waals surface area contributed by atoms with E-state index in [0.29, 0.717) is 33.2 Å². The molecule has 1 aliphatic heterocycles. The molecule has 8 bridgehead atoms. The summed E-state index contributed by atoms with van der Waals surface area (Å²) in [6, 6.07) is 19.2. The molecule has 1 amide bonds. The fourth-order valence-corrected chi connectivity index (χ4v) is 5.68. The standard InChI is InChI=1S/C29H21FN4O4S/c1-38-29-27-14-20(16-33-29)18-6-8-26-24(13-18)22(9-10-31-26)23-11-17(5-7-25(23)30)15-32-28(35)19-3-2-4-21(12-19)39(36,37)34-27/h2-14,16,34H,15H2,1H3,(H,32,35). The van der Waals surface area contributed by atoms with Crippen molar-refractivity contribution in [2.75, 3.05) is 11.8 Å². The van der Waals surface area contributed by atoms with Crippen molar-refractivity contribution in [1.29, 1.82) is 0 Å². The van der Waals surface area contributed by atoms with Gasteiger partial charge in [0.05, 0.1) is 17.5 Å². The molecule has 0 radical (unpaired) electrons. The number of nitrogens with zero attached hydrogens (tertiary/aromatic N) is 2. The summed E-state index contributed by atoms with van der Waals surface area (Å²) in [4.78, 5) is 21.6. The smallest absolute Gasteiger partial charge is 0.262 e. The summed E-state index contributed by atoms with van der Waals surface area (Å²) < 4.78 is 49.6. The van der Waals surface area contributed by atoms with E-state index in [1.54, 1.807) is 36.7 Å². The first kappa shape index (κ1) is 24.5. The number of pyridine rings is 2. The molecule has 0 spiro atoms. The summed E-state index contributed by atoms with van der Waals surface area (Å²) in [5.74, 6) is -0.806. The first-order valence-electron chi connectivity index (χ1n) is 12.0. The summed E-state index contributed by atoms with van der Waals surface area (Å²) in [6.45, 7) is 0.114. The Kier molecular flexibility index (Phi) is 5.96. The van der Waals surface area contributed by atoms with Crippen LogP contribution in [0.15, 0.2) is 90.1 Å². The largest absolute Gasteiger partial charge is 0.480 e. The zero-order chi connectivity index (χ0) is 27.1. The Bertz CT molecular complexity index is 1890. The Morgan fingerprint density at radius 2 is 1.77 bits per heavy atom. The molecular formula is C29H21FN4O4S. The Morgan fingerprint density at radius 1 is 0.897 bits per heavy atom. The number of hydrogen-bond donors (Lipinski definition) is 2. The van der Waals surface area contributed by atoms with E-state index in [4.69, 9.17) is 4.74 Å². The predicted octanol–water partition coefficient (Wildman–Crippen LogP) is 5.16. The number of carbonyl (C=O) groups is 1. The molecule has 2 aromatic heterocycles. The van der Waals surface area contributed by atoms with E-state index in [0.717, 1.165) is 5.56 Å². The normalized spacial score (nSPS) is 14.2. The molecule has 3 heterocycles. The average molecular weight is 541 g/mol. The maximum atomic E-state index is 15.1. The third-order valence-electron chi connectivity index (χ3n) is 6.54. The summed E-state index contributed by atoms with van der Waals surface area (Å²) in [6.07, 6.45) is 3.18. The Hall–Kier alpha value is -4.83. The van der Waals surface area contributed by atoms with Crippen molar-refractivity contribution in [2.45, 2.75) is 11.4 Å². The van der Waals surface area contributed by atoms with Crippen molar-refractivity contribution >= 4 is 32.5 Å². The first-order chi connectivity index (χ1) is 18.8. The summed E-state index contributed by atoms with van der Waals surface area (Å²) in [7, 11) is -2.71. The molecule has 39 heavy (non-hydrogen) atoms. The van der Waals surface area contributed by atoms with Crippen LogP contribution in [0.1, 0.15) is 15.9 Å². The molecule has 3 aromatic carbocycles. The third kappa shape index (κ3) is 4.55. The first-order valence-corrected chi connectivity index (χ1v) is 13.4. The van der Waals surface area contributed by atoms with Crippen LogP contribution < -0.4 is 14.8 Å². The number of anilines is 1. The van der Waals surface area contributed by atoms with Gasteiger partial charge in [0.25, 0.3) is 15.9 Å².